The van der Waals surface area contributed by atoms with Crippen molar-refractivity contribution in [2.75, 3.05) is 5.32 Å². The number of pyridine rings is 1. The van der Waals surface area contributed by atoms with Crippen LogP contribution in [0.25, 0.3) is 0 Å². The van der Waals surface area contributed by atoms with Crippen LogP contribution in [-0.4, -0.2) is 14.1 Å². The van der Waals surface area contributed by atoms with Crippen molar-refractivity contribution in [1.29, 1.82) is 0 Å². The summed E-state index contributed by atoms with van der Waals surface area (Å²) in [4.78, 5) is 28.7. The molecule has 0 bridgehead atoms. The smallest absolute Gasteiger partial charge is 0.326 e. The zero-order chi connectivity index (χ0) is 15.2. The first-order valence-corrected chi connectivity index (χ1v) is 7.20. The second kappa shape index (κ2) is 6.88. The Balaban J connectivity index is 2.50. The summed E-state index contributed by atoms with van der Waals surface area (Å²) in [7, 11) is 0. The van der Waals surface area contributed by atoms with E-state index in [1.807, 2.05) is 26.0 Å². The zero-order valence-electron chi connectivity index (χ0n) is 12.4. The van der Waals surface area contributed by atoms with Crippen molar-refractivity contribution in [1.82, 2.24) is 14.1 Å². The minimum atomic E-state index is -0.285. The average Bonchev–Trinajstić information content (AvgIpc) is 2.48. The Kier molecular flexibility index (Phi) is 4.92. The highest BCUT2D eigenvalue weighted by Gasteiger charge is 2.10. The highest BCUT2D eigenvalue weighted by atomic mass is 16.2. The Morgan fingerprint density at radius 3 is 2.43 bits per heavy atom. The van der Waals surface area contributed by atoms with Crippen molar-refractivity contribution in [2.45, 2.75) is 39.8 Å². The maximum Gasteiger partial charge on any atom is 0.332 e. The van der Waals surface area contributed by atoms with Gasteiger partial charge in [0.2, 0.25) is 0 Å². The zero-order valence-corrected chi connectivity index (χ0v) is 12.4. The Hall–Kier alpha value is -2.37. The summed E-state index contributed by atoms with van der Waals surface area (Å²) in [5.74, 6) is 1.09. The van der Waals surface area contributed by atoms with E-state index in [1.54, 1.807) is 16.8 Å². The molecule has 2 heterocycles. The third kappa shape index (κ3) is 3.39. The van der Waals surface area contributed by atoms with Crippen LogP contribution in [-0.2, 0) is 13.1 Å². The second-order valence-electron chi connectivity index (χ2n) is 4.79. The first-order valence-electron chi connectivity index (χ1n) is 7.20. The molecular formula is C15H20N4O2. The molecule has 0 aromatic carbocycles. The Morgan fingerprint density at radius 1 is 1.10 bits per heavy atom. The van der Waals surface area contributed by atoms with E-state index in [2.05, 4.69) is 10.3 Å². The molecule has 6 heteroatoms. The van der Waals surface area contributed by atoms with Crippen molar-refractivity contribution < 1.29 is 0 Å². The van der Waals surface area contributed by atoms with Gasteiger partial charge in [-0.05, 0) is 25.0 Å². The number of hydrogen-bond donors (Lipinski definition) is 1. The molecule has 0 saturated heterocycles. The molecule has 2 rings (SSSR count). The van der Waals surface area contributed by atoms with Crippen LogP contribution >= 0.6 is 0 Å². The van der Waals surface area contributed by atoms with Crippen molar-refractivity contribution >= 4 is 11.6 Å². The molecule has 0 aliphatic heterocycles. The van der Waals surface area contributed by atoms with Gasteiger partial charge < -0.3 is 5.32 Å². The number of aromatic nitrogens is 3. The standard InChI is InChI=1S/C15H20N4O2/c1-3-9-18-13(17-12-7-5-6-8-16-12)11-14(20)19(10-4-2)15(18)21/h5-8,11H,3-4,9-10H2,1-2H3,(H,16,17). The molecule has 0 spiro atoms. The number of nitrogens with one attached hydrogen (secondary N) is 1. The minimum Gasteiger partial charge on any atom is -0.326 e. The number of anilines is 2. The molecule has 0 aliphatic carbocycles. The van der Waals surface area contributed by atoms with Crippen LogP contribution in [0, 0.1) is 0 Å². The molecular weight excluding hydrogens is 268 g/mol. The van der Waals surface area contributed by atoms with E-state index in [1.165, 1.54) is 10.6 Å². The van der Waals surface area contributed by atoms with Crippen LogP contribution in [0.2, 0.25) is 0 Å². The van der Waals surface area contributed by atoms with Gasteiger partial charge in [-0.2, -0.15) is 0 Å². The predicted octanol–water partition coefficient (Wildman–Crippen LogP) is 1.97. The summed E-state index contributed by atoms with van der Waals surface area (Å²) in [6.07, 6.45) is 3.21. The molecule has 1 N–H and O–H groups in total. The van der Waals surface area contributed by atoms with Gasteiger partial charge >= 0.3 is 5.69 Å². The fraction of sp³-hybridized carbons (Fsp3) is 0.400. The normalized spacial score (nSPS) is 10.6. The highest BCUT2D eigenvalue weighted by molar-refractivity contribution is 5.51. The molecule has 0 atom stereocenters. The summed E-state index contributed by atoms with van der Waals surface area (Å²) in [5.41, 5.74) is -0.558. The van der Waals surface area contributed by atoms with E-state index < -0.39 is 0 Å². The third-order valence-corrected chi connectivity index (χ3v) is 3.09. The quantitative estimate of drug-likeness (QED) is 0.882. The maximum atomic E-state index is 12.4. The van der Waals surface area contributed by atoms with E-state index in [0.717, 1.165) is 12.8 Å². The number of nitrogens with zero attached hydrogens (tertiary/aromatic N) is 3. The molecule has 0 amide bonds. The van der Waals surface area contributed by atoms with E-state index in [-0.39, 0.29) is 11.2 Å². The molecule has 112 valence electrons. The summed E-state index contributed by atoms with van der Waals surface area (Å²) in [6.45, 7) is 4.92. The monoisotopic (exact) mass is 288 g/mol. The van der Waals surface area contributed by atoms with Gasteiger partial charge in [0, 0.05) is 25.4 Å². The number of hydrogen-bond acceptors (Lipinski definition) is 4. The van der Waals surface area contributed by atoms with Crippen LogP contribution in [0.3, 0.4) is 0 Å². The van der Waals surface area contributed by atoms with Crippen LogP contribution < -0.4 is 16.6 Å². The molecule has 0 unspecified atom stereocenters. The molecule has 6 nitrogen and oxygen atoms in total. The van der Waals surface area contributed by atoms with Crippen LogP contribution in [0.15, 0.2) is 40.1 Å². The fourth-order valence-corrected chi connectivity index (χ4v) is 2.16. The molecule has 0 aliphatic rings. The molecule has 2 aromatic heterocycles. The van der Waals surface area contributed by atoms with Crippen molar-refractivity contribution in [2.24, 2.45) is 0 Å². The van der Waals surface area contributed by atoms with Gasteiger partial charge in [0.1, 0.15) is 11.6 Å². The molecule has 21 heavy (non-hydrogen) atoms. The molecule has 2 aromatic rings. The molecule has 0 radical (unpaired) electrons. The summed E-state index contributed by atoms with van der Waals surface area (Å²) < 4.78 is 2.87. The van der Waals surface area contributed by atoms with Gasteiger partial charge in [-0.1, -0.05) is 19.9 Å². The Morgan fingerprint density at radius 2 is 1.81 bits per heavy atom. The van der Waals surface area contributed by atoms with Gasteiger partial charge in [0.25, 0.3) is 5.56 Å². The second-order valence-corrected chi connectivity index (χ2v) is 4.79. The third-order valence-electron chi connectivity index (χ3n) is 3.09. The lowest BCUT2D eigenvalue weighted by atomic mass is 10.4. The Bertz CT molecular complexity index is 704. The lowest BCUT2D eigenvalue weighted by molar-refractivity contribution is 0.545. The van der Waals surface area contributed by atoms with E-state index in [0.29, 0.717) is 24.7 Å². The lowest BCUT2D eigenvalue weighted by Crippen LogP contribution is -2.40. The molecule has 0 fully saturated rings. The topological polar surface area (TPSA) is 68.9 Å². The van der Waals surface area contributed by atoms with Crippen molar-refractivity contribution in [3.8, 4) is 0 Å². The van der Waals surface area contributed by atoms with Crippen molar-refractivity contribution in [3.63, 3.8) is 0 Å². The van der Waals surface area contributed by atoms with E-state index >= 15 is 0 Å². The fourth-order valence-electron chi connectivity index (χ4n) is 2.16. The highest BCUT2D eigenvalue weighted by Crippen LogP contribution is 2.11. The largest absolute Gasteiger partial charge is 0.332 e. The lowest BCUT2D eigenvalue weighted by Gasteiger charge is -2.15. The first-order chi connectivity index (χ1) is 10.2. The summed E-state index contributed by atoms with van der Waals surface area (Å²) in [6, 6.07) is 6.90. The van der Waals surface area contributed by atoms with E-state index in [4.69, 9.17) is 0 Å². The van der Waals surface area contributed by atoms with Gasteiger partial charge in [0.05, 0.1) is 0 Å². The minimum absolute atomic E-state index is 0.273. The van der Waals surface area contributed by atoms with E-state index in [9.17, 15) is 9.59 Å². The summed E-state index contributed by atoms with van der Waals surface area (Å²) >= 11 is 0. The van der Waals surface area contributed by atoms with Gasteiger partial charge in [0.15, 0.2) is 0 Å². The SMILES string of the molecule is CCCn1c(Nc2ccccn2)cc(=O)n(CCC)c1=O. The van der Waals surface area contributed by atoms with Gasteiger partial charge in [-0.15, -0.1) is 0 Å². The van der Waals surface area contributed by atoms with Gasteiger partial charge in [-0.3, -0.25) is 13.9 Å². The van der Waals surface area contributed by atoms with Gasteiger partial charge in [-0.25, -0.2) is 9.78 Å². The molecule has 0 saturated carbocycles. The van der Waals surface area contributed by atoms with Crippen molar-refractivity contribution in [3.05, 3.63) is 51.3 Å². The Labute approximate surface area is 123 Å². The first kappa shape index (κ1) is 15.0. The summed E-state index contributed by atoms with van der Waals surface area (Å²) in [5, 5.41) is 3.05. The predicted molar refractivity (Wildman–Crippen MR) is 83.1 cm³/mol. The maximum absolute atomic E-state index is 12.4. The van der Waals surface area contributed by atoms with Crippen LogP contribution in [0.5, 0.6) is 0 Å². The average molecular weight is 288 g/mol. The number of rotatable bonds is 6. The van der Waals surface area contributed by atoms with Crippen LogP contribution in [0.1, 0.15) is 26.7 Å². The van der Waals surface area contributed by atoms with Crippen LogP contribution in [0.4, 0.5) is 11.6 Å².